The van der Waals surface area contributed by atoms with Gasteiger partial charge >= 0.3 is 23.9 Å². The Morgan fingerprint density at radius 3 is 1.25 bits per heavy atom. The minimum absolute atomic E-state index is 0.146. The van der Waals surface area contributed by atoms with Crippen molar-refractivity contribution in [2.75, 3.05) is 0 Å². The Bertz CT molecular complexity index is 695. The number of rotatable bonds is 8. The molecular weight excluding hydrogens is 442 g/mol. The number of phenolic OH excluding ortho intramolecular Hbond substituents is 1. The number of benzene rings is 1. The molecule has 0 spiro atoms. The van der Waals surface area contributed by atoms with Crippen LogP contribution in [0.2, 0.25) is 0 Å². The van der Waals surface area contributed by atoms with Crippen LogP contribution in [0.5, 0.6) is 5.75 Å². The summed E-state index contributed by atoms with van der Waals surface area (Å²) in [4.78, 5) is 39.1. The van der Waals surface area contributed by atoms with Crippen molar-refractivity contribution in [3.8, 4) is 5.75 Å². The first kappa shape index (κ1) is 30.9. The molecule has 182 valence electrons. The third kappa shape index (κ3) is 11.7. The average Bonchev–Trinajstić information content (AvgIpc) is 2.71. The average molecular weight is 467 g/mol. The fourth-order valence-electron chi connectivity index (χ4n) is 1.55. The first-order valence-corrected chi connectivity index (χ1v) is 8.40. The van der Waals surface area contributed by atoms with Crippen LogP contribution in [0.25, 0.3) is 0 Å². The molecule has 0 aliphatic carbocycles. The van der Waals surface area contributed by atoms with Gasteiger partial charge in [-0.15, -0.1) is 0 Å². The number of aliphatic hydroxyl groups excluding tert-OH is 5. The van der Waals surface area contributed by atoms with Crippen LogP contribution >= 0.6 is 0 Å². The molecule has 12 N–H and O–H groups in total. The summed E-state index contributed by atoms with van der Waals surface area (Å²) in [7, 11) is 0. The summed E-state index contributed by atoms with van der Waals surface area (Å²) in [6, 6.07) is 6.14. The Labute approximate surface area is 179 Å². The zero-order valence-electron chi connectivity index (χ0n) is 16.5. The zero-order chi connectivity index (χ0) is 25.8. The number of carboxylic acid groups (broad SMARTS) is 4. The lowest BCUT2D eigenvalue weighted by Crippen LogP contribution is -2.39. The highest BCUT2D eigenvalue weighted by Crippen LogP contribution is 2.19. The first-order chi connectivity index (χ1) is 14.5. The van der Waals surface area contributed by atoms with E-state index < -0.39 is 54.4 Å². The van der Waals surface area contributed by atoms with E-state index in [1.165, 1.54) is 6.07 Å². The molecule has 0 aliphatic rings. The Balaban J connectivity index is 0. The van der Waals surface area contributed by atoms with Gasteiger partial charge in [0.1, 0.15) is 5.75 Å². The molecule has 1 aromatic carbocycles. The van der Waals surface area contributed by atoms with Crippen molar-refractivity contribution in [1.29, 1.82) is 0 Å². The predicted octanol–water partition coefficient (Wildman–Crippen LogP) is -3.47. The van der Waals surface area contributed by atoms with Crippen molar-refractivity contribution in [2.45, 2.75) is 43.5 Å². The van der Waals surface area contributed by atoms with E-state index in [4.69, 9.17) is 51.7 Å². The van der Waals surface area contributed by atoms with E-state index in [0.717, 1.165) is 0 Å². The lowest BCUT2D eigenvalue weighted by Gasteiger charge is -2.14. The monoisotopic (exact) mass is 467 g/mol. The maximum Gasteiger partial charge on any atom is 0.335 e. The van der Waals surface area contributed by atoms with Gasteiger partial charge in [0.2, 0.25) is 0 Å². The number of hydrogen-bond acceptors (Lipinski definition) is 11. The van der Waals surface area contributed by atoms with Crippen molar-refractivity contribution in [1.82, 2.24) is 0 Å². The number of carbonyl (C=O) groups is 4. The number of aromatic hydroxyl groups is 1. The standard InChI is InChI=1S/C9H13NO2.2C4H6O6/c1-6(10)9(12)7-3-2-4-8(11)5-7;2*5-1(3(7)8)2(6)4(9)10/h2-6,9,11-12H,10H2,1H3;2*1-2,5-6H,(H,7,8)(H,9,10)/t6-,9-;2*1-,2+/m0../s1. The van der Waals surface area contributed by atoms with Crippen molar-refractivity contribution in [3.05, 3.63) is 29.8 Å². The van der Waals surface area contributed by atoms with Crippen molar-refractivity contribution in [3.63, 3.8) is 0 Å². The van der Waals surface area contributed by atoms with E-state index in [9.17, 15) is 24.3 Å². The molecule has 0 amide bonds. The van der Waals surface area contributed by atoms with Gasteiger partial charge in [-0.2, -0.15) is 0 Å². The highest BCUT2D eigenvalue weighted by atomic mass is 16.4. The van der Waals surface area contributed by atoms with Gasteiger partial charge in [0.25, 0.3) is 0 Å². The minimum atomic E-state index is -2.27. The topological polar surface area (TPSA) is 297 Å². The summed E-state index contributed by atoms with van der Waals surface area (Å²) < 4.78 is 0. The fraction of sp³-hybridized carbons (Fsp3) is 0.412. The Morgan fingerprint density at radius 1 is 0.719 bits per heavy atom. The van der Waals surface area contributed by atoms with Gasteiger partial charge in [-0.3, -0.25) is 0 Å². The van der Waals surface area contributed by atoms with Crippen LogP contribution in [-0.4, -0.2) is 105 Å². The van der Waals surface area contributed by atoms with Gasteiger partial charge in [-0.05, 0) is 24.6 Å². The van der Waals surface area contributed by atoms with Crippen LogP contribution in [0.1, 0.15) is 18.6 Å². The molecule has 0 saturated carbocycles. The molecule has 0 fully saturated rings. The highest BCUT2D eigenvalue weighted by Gasteiger charge is 2.30. The Hall–Kier alpha value is -3.34. The van der Waals surface area contributed by atoms with E-state index in [1.807, 2.05) is 0 Å². The van der Waals surface area contributed by atoms with Gasteiger partial charge in [0.15, 0.2) is 24.4 Å². The van der Waals surface area contributed by atoms with E-state index in [0.29, 0.717) is 5.56 Å². The molecule has 15 nitrogen and oxygen atoms in total. The smallest absolute Gasteiger partial charge is 0.335 e. The van der Waals surface area contributed by atoms with Gasteiger partial charge in [0, 0.05) is 6.04 Å². The van der Waals surface area contributed by atoms with Crippen molar-refractivity contribution < 1.29 is 70.2 Å². The van der Waals surface area contributed by atoms with E-state index in [2.05, 4.69) is 0 Å². The maximum atomic E-state index is 9.77. The van der Waals surface area contributed by atoms with E-state index >= 15 is 0 Å². The number of aliphatic carboxylic acids is 4. The number of hydrogen-bond donors (Lipinski definition) is 11. The lowest BCUT2D eigenvalue weighted by molar-refractivity contribution is -0.165. The highest BCUT2D eigenvalue weighted by molar-refractivity contribution is 5.83. The quantitative estimate of drug-likeness (QED) is 0.177. The summed E-state index contributed by atoms with van der Waals surface area (Å²) in [5.41, 5.74) is 6.13. The second-order valence-corrected chi connectivity index (χ2v) is 6.03. The Kier molecular flexibility index (Phi) is 14.1. The van der Waals surface area contributed by atoms with Gasteiger partial charge in [-0.25, -0.2) is 19.2 Å². The third-order valence-corrected chi connectivity index (χ3v) is 3.32. The summed E-state index contributed by atoms with van der Waals surface area (Å²) in [5.74, 6) is -6.93. The molecule has 0 aliphatic heterocycles. The van der Waals surface area contributed by atoms with Crippen LogP contribution < -0.4 is 5.73 Å². The maximum absolute atomic E-state index is 9.77. The van der Waals surface area contributed by atoms with Crippen LogP contribution in [0.4, 0.5) is 0 Å². The molecule has 15 heteroatoms. The van der Waals surface area contributed by atoms with Crippen molar-refractivity contribution >= 4 is 23.9 Å². The zero-order valence-corrected chi connectivity index (χ0v) is 16.5. The summed E-state index contributed by atoms with van der Waals surface area (Å²) in [6.07, 6.45) is -9.78. The molecule has 6 atom stereocenters. The van der Waals surface area contributed by atoms with Gasteiger partial charge < -0.3 is 56.8 Å². The molecule has 32 heavy (non-hydrogen) atoms. The molecule has 0 aromatic heterocycles. The molecular formula is C17H25NO14. The summed E-state index contributed by atoms with van der Waals surface area (Å²) >= 11 is 0. The van der Waals surface area contributed by atoms with E-state index in [1.54, 1.807) is 25.1 Å². The first-order valence-electron chi connectivity index (χ1n) is 8.40. The Morgan fingerprint density at radius 2 is 1.03 bits per heavy atom. The molecule has 0 unspecified atom stereocenters. The lowest BCUT2D eigenvalue weighted by atomic mass is 10.0. The number of carboxylic acids is 4. The molecule has 0 bridgehead atoms. The third-order valence-electron chi connectivity index (χ3n) is 3.32. The van der Waals surface area contributed by atoms with Crippen molar-refractivity contribution in [2.24, 2.45) is 5.73 Å². The van der Waals surface area contributed by atoms with Crippen LogP contribution in [0, 0.1) is 0 Å². The second-order valence-electron chi connectivity index (χ2n) is 6.03. The normalized spacial score (nSPS) is 15.7. The number of aliphatic hydroxyl groups is 5. The molecule has 0 radical (unpaired) electrons. The molecule has 0 saturated heterocycles. The summed E-state index contributed by atoms with van der Waals surface area (Å²) in [5, 5.41) is 83.6. The minimum Gasteiger partial charge on any atom is -0.508 e. The van der Waals surface area contributed by atoms with Gasteiger partial charge in [0.05, 0.1) is 6.10 Å². The second kappa shape index (κ2) is 14.6. The predicted molar refractivity (Wildman–Crippen MR) is 101 cm³/mol. The fourth-order valence-corrected chi connectivity index (χ4v) is 1.55. The van der Waals surface area contributed by atoms with Crippen LogP contribution in [0.15, 0.2) is 24.3 Å². The largest absolute Gasteiger partial charge is 0.508 e. The molecule has 1 rings (SSSR count). The molecule has 1 aromatic rings. The van der Waals surface area contributed by atoms with E-state index in [-0.39, 0.29) is 11.8 Å². The van der Waals surface area contributed by atoms with Crippen LogP contribution in [0.3, 0.4) is 0 Å². The molecule has 0 heterocycles. The summed E-state index contributed by atoms with van der Waals surface area (Å²) in [6.45, 7) is 1.72. The number of phenols is 1. The SMILES string of the molecule is C[C@H](N)[C@H](O)c1cccc(O)c1.O=C(O)[C@@H](O)[C@@H](O)C(=O)O.O=C(O)[C@@H](O)[C@@H](O)C(=O)O. The van der Waals surface area contributed by atoms with Gasteiger partial charge in [-0.1, -0.05) is 12.1 Å². The number of nitrogens with two attached hydrogens (primary N) is 1. The van der Waals surface area contributed by atoms with Crippen LogP contribution in [-0.2, 0) is 19.2 Å².